The molecule has 2 aliphatic rings. The fourth-order valence-electron chi connectivity index (χ4n) is 4.06. The molecule has 0 saturated carbocycles. The van der Waals surface area contributed by atoms with Gasteiger partial charge in [0.05, 0.1) is 16.4 Å². The Morgan fingerprint density at radius 2 is 2.00 bits per heavy atom. The highest BCUT2D eigenvalue weighted by molar-refractivity contribution is 7.94. The molecule has 0 saturated heterocycles. The summed E-state index contributed by atoms with van der Waals surface area (Å²) in [6, 6.07) is 4.25. The van der Waals surface area contributed by atoms with Crippen molar-refractivity contribution in [2.24, 2.45) is 0 Å². The number of Topliss-reactive ketones (excluding diaryl/α,β-unsaturated/α-hetero) is 1. The van der Waals surface area contributed by atoms with Gasteiger partial charge in [-0.3, -0.25) is 14.4 Å². The summed E-state index contributed by atoms with van der Waals surface area (Å²) in [6.45, 7) is 4.81. The fraction of sp³-hybridized carbons (Fsp3) is 0.227. The lowest BCUT2D eigenvalue weighted by atomic mass is 9.87. The molecule has 0 bridgehead atoms. The SMILES string of the molecule is C=CS(=O)(=O)c1ccc2c(c1)/C(=C/c1[nH]c3c(c1C(C)C(=O)O)C(=O)CCC3)C(=O)N2. The quantitative estimate of drug-likeness (QED) is 0.612. The number of carbonyl (C=O) groups is 3. The molecule has 0 radical (unpaired) electrons. The van der Waals surface area contributed by atoms with Gasteiger partial charge in [0.2, 0.25) is 0 Å². The molecule has 1 aromatic heterocycles. The van der Waals surface area contributed by atoms with Gasteiger partial charge in [-0.05, 0) is 44.0 Å². The van der Waals surface area contributed by atoms with Crippen LogP contribution in [0.15, 0.2) is 35.1 Å². The van der Waals surface area contributed by atoms with E-state index in [1.54, 1.807) is 0 Å². The van der Waals surface area contributed by atoms with E-state index in [9.17, 15) is 27.9 Å². The van der Waals surface area contributed by atoms with E-state index in [0.717, 1.165) is 5.41 Å². The van der Waals surface area contributed by atoms with E-state index in [2.05, 4.69) is 16.9 Å². The molecular formula is C22H20N2O6S. The number of benzene rings is 1. The maximum Gasteiger partial charge on any atom is 0.310 e. The summed E-state index contributed by atoms with van der Waals surface area (Å²) in [7, 11) is -3.71. The van der Waals surface area contributed by atoms with Crippen LogP contribution < -0.4 is 5.32 Å². The summed E-state index contributed by atoms with van der Waals surface area (Å²) >= 11 is 0. The number of fused-ring (bicyclic) bond motifs is 2. The monoisotopic (exact) mass is 440 g/mol. The highest BCUT2D eigenvalue weighted by Gasteiger charge is 2.32. The Balaban J connectivity index is 1.92. The molecule has 1 aromatic carbocycles. The average Bonchev–Trinajstić information content (AvgIpc) is 3.25. The van der Waals surface area contributed by atoms with Gasteiger partial charge in [0.1, 0.15) is 0 Å². The summed E-state index contributed by atoms with van der Waals surface area (Å²) < 4.78 is 24.4. The first-order chi connectivity index (χ1) is 14.6. The number of carbonyl (C=O) groups excluding carboxylic acids is 2. The van der Waals surface area contributed by atoms with Crippen LogP contribution in [0, 0.1) is 0 Å². The molecule has 31 heavy (non-hydrogen) atoms. The number of aliphatic carboxylic acids is 1. The van der Waals surface area contributed by atoms with E-state index >= 15 is 0 Å². The molecule has 9 heteroatoms. The number of carboxylic acid groups (broad SMARTS) is 1. The summed E-state index contributed by atoms with van der Waals surface area (Å²) in [5.41, 5.74) is 2.75. The second kappa shape index (κ2) is 7.35. The van der Waals surface area contributed by atoms with Crippen LogP contribution in [0.4, 0.5) is 5.69 Å². The van der Waals surface area contributed by atoms with Crippen LogP contribution in [0.3, 0.4) is 0 Å². The van der Waals surface area contributed by atoms with E-state index in [1.165, 1.54) is 31.2 Å². The van der Waals surface area contributed by atoms with Crippen LogP contribution >= 0.6 is 0 Å². The summed E-state index contributed by atoms with van der Waals surface area (Å²) in [4.78, 5) is 40.0. The molecule has 0 fully saturated rings. The van der Waals surface area contributed by atoms with Crippen molar-refractivity contribution in [2.75, 3.05) is 5.32 Å². The number of nitrogens with one attached hydrogen (secondary N) is 2. The van der Waals surface area contributed by atoms with E-state index < -0.39 is 27.6 Å². The number of H-pyrrole nitrogens is 1. The van der Waals surface area contributed by atoms with Crippen molar-refractivity contribution in [1.82, 2.24) is 4.98 Å². The number of hydrogen-bond donors (Lipinski definition) is 3. The van der Waals surface area contributed by atoms with Crippen molar-refractivity contribution in [3.05, 3.63) is 58.3 Å². The van der Waals surface area contributed by atoms with Crippen molar-refractivity contribution in [3.63, 3.8) is 0 Å². The smallest absolute Gasteiger partial charge is 0.310 e. The first-order valence-corrected chi connectivity index (χ1v) is 11.2. The molecule has 2 aromatic rings. The van der Waals surface area contributed by atoms with E-state index in [4.69, 9.17) is 0 Å². The van der Waals surface area contributed by atoms with Gasteiger partial charge in [0, 0.05) is 45.6 Å². The van der Waals surface area contributed by atoms with Gasteiger partial charge < -0.3 is 15.4 Å². The van der Waals surface area contributed by atoms with Gasteiger partial charge in [0.15, 0.2) is 15.6 Å². The number of anilines is 1. The molecule has 1 aliphatic heterocycles. The third-order valence-electron chi connectivity index (χ3n) is 5.67. The van der Waals surface area contributed by atoms with Crippen LogP contribution in [-0.2, 0) is 25.8 Å². The minimum Gasteiger partial charge on any atom is -0.481 e. The van der Waals surface area contributed by atoms with E-state index in [-0.39, 0.29) is 16.3 Å². The van der Waals surface area contributed by atoms with Crippen molar-refractivity contribution in [1.29, 1.82) is 0 Å². The number of aromatic amines is 1. The van der Waals surface area contributed by atoms with Crippen molar-refractivity contribution < 1.29 is 27.9 Å². The molecule has 2 heterocycles. The zero-order chi connectivity index (χ0) is 22.5. The Bertz CT molecular complexity index is 1300. The number of carboxylic acids is 1. The van der Waals surface area contributed by atoms with Crippen LogP contribution in [0.1, 0.15) is 58.6 Å². The molecule has 1 unspecified atom stereocenters. The Kier molecular flexibility index (Phi) is 4.93. The molecule has 1 amide bonds. The van der Waals surface area contributed by atoms with Crippen molar-refractivity contribution in [2.45, 2.75) is 37.0 Å². The summed E-state index contributed by atoms with van der Waals surface area (Å²) in [6.07, 6.45) is 3.10. The lowest BCUT2D eigenvalue weighted by Crippen LogP contribution is -2.15. The highest BCUT2D eigenvalue weighted by Crippen LogP contribution is 2.38. The Morgan fingerprint density at radius 1 is 1.26 bits per heavy atom. The highest BCUT2D eigenvalue weighted by atomic mass is 32.2. The van der Waals surface area contributed by atoms with Crippen LogP contribution in [0.5, 0.6) is 0 Å². The predicted molar refractivity (Wildman–Crippen MR) is 114 cm³/mol. The Labute approximate surface area is 178 Å². The molecule has 160 valence electrons. The van der Waals surface area contributed by atoms with Crippen LogP contribution in [0.25, 0.3) is 11.6 Å². The van der Waals surface area contributed by atoms with Gasteiger partial charge >= 0.3 is 5.97 Å². The van der Waals surface area contributed by atoms with E-state index in [0.29, 0.717) is 53.0 Å². The summed E-state index contributed by atoms with van der Waals surface area (Å²) in [5.74, 6) is -2.63. The molecule has 4 rings (SSSR count). The first-order valence-electron chi connectivity index (χ1n) is 9.69. The van der Waals surface area contributed by atoms with Gasteiger partial charge in [0.25, 0.3) is 5.91 Å². The van der Waals surface area contributed by atoms with Gasteiger partial charge in [-0.1, -0.05) is 6.58 Å². The van der Waals surface area contributed by atoms with E-state index in [1.807, 2.05) is 0 Å². The lowest BCUT2D eigenvalue weighted by Gasteiger charge is -2.14. The normalized spacial score (nSPS) is 17.8. The van der Waals surface area contributed by atoms with Crippen LogP contribution in [0.2, 0.25) is 0 Å². The van der Waals surface area contributed by atoms with Gasteiger partial charge in [-0.15, -0.1) is 0 Å². The molecule has 0 spiro atoms. The van der Waals surface area contributed by atoms with Crippen molar-refractivity contribution in [3.8, 4) is 0 Å². The molecule has 1 aliphatic carbocycles. The Morgan fingerprint density at radius 3 is 2.68 bits per heavy atom. The molecule has 8 nitrogen and oxygen atoms in total. The first kappa shape index (κ1) is 20.8. The van der Waals surface area contributed by atoms with Crippen molar-refractivity contribution >= 4 is 44.8 Å². The minimum atomic E-state index is -3.71. The number of aryl methyl sites for hydroxylation is 1. The second-order valence-corrected chi connectivity index (χ2v) is 9.47. The average molecular weight is 440 g/mol. The molecule has 1 atom stereocenters. The number of aromatic nitrogens is 1. The minimum absolute atomic E-state index is 0.0104. The number of rotatable bonds is 5. The number of ketones is 1. The maximum atomic E-state index is 12.6. The maximum absolute atomic E-state index is 12.6. The number of amides is 1. The largest absolute Gasteiger partial charge is 0.481 e. The predicted octanol–water partition coefficient (Wildman–Crippen LogP) is 3.13. The number of hydrogen-bond acceptors (Lipinski definition) is 5. The number of sulfone groups is 1. The zero-order valence-corrected chi connectivity index (χ0v) is 17.5. The lowest BCUT2D eigenvalue weighted by molar-refractivity contribution is -0.138. The topological polar surface area (TPSA) is 133 Å². The molecule has 3 N–H and O–H groups in total. The fourth-order valence-corrected chi connectivity index (χ4v) is 4.79. The summed E-state index contributed by atoms with van der Waals surface area (Å²) in [5, 5.41) is 13.1. The third kappa shape index (κ3) is 3.40. The zero-order valence-electron chi connectivity index (χ0n) is 16.7. The van der Waals surface area contributed by atoms with Gasteiger partial charge in [-0.2, -0.15) is 0 Å². The molecular weight excluding hydrogens is 420 g/mol. The van der Waals surface area contributed by atoms with Gasteiger partial charge in [-0.25, -0.2) is 8.42 Å². The Hall–Kier alpha value is -3.46. The second-order valence-electron chi connectivity index (χ2n) is 7.57. The third-order valence-corrected chi connectivity index (χ3v) is 7.02. The standard InChI is InChI=1S/C22H20N2O6S/c1-3-31(29,30)12-7-8-15-13(9-12)14(21(26)24-15)10-17-19(11(2)22(27)28)20-16(23-17)5-4-6-18(20)25/h3,7-11,23H,1,4-6H2,2H3,(H,24,26)(H,27,28)/b14-10-. The van der Waals surface area contributed by atoms with Crippen LogP contribution in [-0.4, -0.2) is 36.2 Å².